The van der Waals surface area contributed by atoms with Crippen LogP contribution >= 0.6 is 22.7 Å². The minimum atomic E-state index is -2.17. The largest absolute Gasteiger partial charge is 0.456 e. The van der Waals surface area contributed by atoms with Crippen molar-refractivity contribution in [3.63, 3.8) is 0 Å². The van der Waals surface area contributed by atoms with Gasteiger partial charge in [0, 0.05) is 49.3 Å². The van der Waals surface area contributed by atoms with E-state index < -0.39 is 70.8 Å². The number of nitrogens with zero attached hydrogens (tertiary/aromatic N) is 4. The number of nitrogens with two attached hydrogens (primary N) is 2. The fourth-order valence-electron chi connectivity index (χ4n) is 11.9. The number of nitrogens with one attached hydrogen (secondary N) is 2. The van der Waals surface area contributed by atoms with Crippen LogP contribution in [-0.2, 0) is 40.9 Å². The van der Waals surface area contributed by atoms with Gasteiger partial charge in [-0.3, -0.25) is 28.8 Å². The van der Waals surface area contributed by atoms with Gasteiger partial charge in [-0.05, 0) is 98.7 Å². The quantitative estimate of drug-likeness (QED) is 0.0204. The van der Waals surface area contributed by atoms with Crippen LogP contribution in [0.3, 0.4) is 0 Å². The number of likely N-dealkylation sites (tertiary alicyclic amines) is 2. The van der Waals surface area contributed by atoms with Gasteiger partial charge in [0.05, 0.1) is 18.0 Å². The predicted molar refractivity (Wildman–Crippen MR) is 323 cm³/mol. The Bertz CT molecular complexity index is 3220. The summed E-state index contributed by atoms with van der Waals surface area (Å²) in [6.07, 6.45) is 4.44. The molecule has 2 aliphatic rings. The number of hydrogen-bond acceptors (Lipinski definition) is 14. The number of carbonyl (C=O) groups is 7. The standard InChI is InChI=1S/C66H71N8O8S2/c67-35-18-16-31-53(71-62(79)55-33-20-38-73(55)56(75)41-50(46-23-8-2-9-24-46)47-25-10-3-11-26-47)59(77)52-34-39-74(57(76)42-51(48-27-12-4-13-28-48)49-29-14-5-15-30-49)66(52,65-69-37-40-83-65)64(81)72-54(32-17-19-36-68)60(78)61-58(70-44-84-61)63(80)82-43-45-21-6-1-7-22-45/h1-15,21-30,37,40,50-55H,16-20,31-36,38-39,41-43,67-68H2,(H,71,79)(H,72,81)/t52?,53-,54-,55-,66-/m0/s1. The Morgan fingerprint density at radius 3 is 1.73 bits per heavy atom. The Kier molecular flexibility index (Phi) is 21.2. The molecule has 2 aromatic heterocycles. The number of ketones is 2. The molecule has 9 rings (SSSR count). The third-order valence-electron chi connectivity index (χ3n) is 16.1. The molecule has 16 nitrogen and oxygen atoms in total. The monoisotopic (exact) mass is 1170 g/mol. The lowest BCUT2D eigenvalue weighted by Crippen LogP contribution is -2.63. The summed E-state index contributed by atoms with van der Waals surface area (Å²) in [5.41, 5.74) is 16.6. The molecule has 2 fully saturated rings. The zero-order valence-electron chi connectivity index (χ0n) is 46.9. The van der Waals surface area contributed by atoms with Gasteiger partial charge in [0.1, 0.15) is 22.5 Å². The summed E-state index contributed by atoms with van der Waals surface area (Å²) in [6, 6.07) is 44.4. The van der Waals surface area contributed by atoms with Crippen LogP contribution in [0.2, 0.25) is 0 Å². The summed E-state index contributed by atoms with van der Waals surface area (Å²) in [7, 11) is 0. The lowest BCUT2D eigenvalue weighted by molar-refractivity contribution is -0.151. The second-order valence-corrected chi connectivity index (χ2v) is 23.0. The van der Waals surface area contributed by atoms with E-state index in [2.05, 4.69) is 21.1 Å². The Balaban J connectivity index is 1.07. The summed E-state index contributed by atoms with van der Waals surface area (Å²) in [5.74, 6) is -6.07. The smallest absolute Gasteiger partial charge is 0.358 e. The van der Waals surface area contributed by atoms with Gasteiger partial charge in [0.25, 0.3) is 5.91 Å². The Hall–Kier alpha value is -8.03. The van der Waals surface area contributed by atoms with E-state index in [1.54, 1.807) is 22.4 Å². The zero-order valence-corrected chi connectivity index (χ0v) is 48.5. The summed E-state index contributed by atoms with van der Waals surface area (Å²) >= 11 is 1.91. The van der Waals surface area contributed by atoms with E-state index in [1.807, 2.05) is 140 Å². The van der Waals surface area contributed by atoms with Gasteiger partial charge in [0.15, 0.2) is 28.3 Å². The topological polar surface area (TPSA) is 237 Å². The van der Waals surface area contributed by atoms with Crippen LogP contribution in [0.1, 0.15) is 135 Å². The molecule has 2 aliphatic heterocycles. The SMILES string of the molecule is NCCCC[C@H](NC(=O)[C@]1(c2nccs2)C(C(=O)[C@H](CCCCN)NC(=O)[C@@H]2CCCN2C(=O)CC(c2ccccc2)c2ccccc2)CCN1C(=O)CC(c1ccccc1)c1ccccc1)C(=O)c1s[c]nc1C(=O)OCc1ccccc1. The molecular formula is C66H71N8O8S2. The third-order valence-corrected chi connectivity index (χ3v) is 17.8. The number of rotatable bonds is 28. The molecule has 435 valence electrons. The normalized spacial score (nSPS) is 17.4. The number of hydrogen-bond donors (Lipinski definition) is 4. The molecular weight excluding hydrogens is 1100 g/mol. The average molecular weight is 1170 g/mol. The molecule has 5 aromatic carbocycles. The van der Waals surface area contributed by atoms with Crippen molar-refractivity contribution in [2.45, 2.75) is 113 Å². The number of unbranched alkanes of at least 4 members (excludes halogenated alkanes) is 2. The number of carbonyl (C=O) groups excluding carboxylic acids is 7. The first-order valence-corrected chi connectivity index (χ1v) is 30.6. The number of thiazole rings is 2. The van der Waals surface area contributed by atoms with Crippen LogP contribution in [0.4, 0.5) is 0 Å². The van der Waals surface area contributed by atoms with Gasteiger partial charge < -0.3 is 36.6 Å². The molecule has 0 bridgehead atoms. The minimum Gasteiger partial charge on any atom is -0.456 e. The van der Waals surface area contributed by atoms with E-state index in [4.69, 9.17) is 21.2 Å². The number of Topliss-reactive ketones (excluding diaryl/α,β-unsaturated/α-hetero) is 2. The summed E-state index contributed by atoms with van der Waals surface area (Å²) < 4.78 is 5.61. The van der Waals surface area contributed by atoms with Crippen molar-refractivity contribution >= 4 is 63.8 Å². The van der Waals surface area contributed by atoms with Crippen LogP contribution in [0.25, 0.3) is 0 Å². The Morgan fingerprint density at radius 1 is 0.655 bits per heavy atom. The van der Waals surface area contributed by atoms with Crippen LogP contribution in [0, 0.1) is 11.4 Å². The van der Waals surface area contributed by atoms with E-state index in [0.717, 1.165) is 50.5 Å². The molecule has 0 saturated carbocycles. The molecule has 4 heterocycles. The minimum absolute atomic E-state index is 0.0103. The maximum atomic E-state index is 16.3. The van der Waals surface area contributed by atoms with Crippen LogP contribution in [0.15, 0.2) is 163 Å². The van der Waals surface area contributed by atoms with Crippen molar-refractivity contribution in [3.8, 4) is 0 Å². The summed E-state index contributed by atoms with van der Waals surface area (Å²) in [6.45, 7) is 0.803. The number of esters is 1. The van der Waals surface area contributed by atoms with Crippen molar-refractivity contribution in [2.75, 3.05) is 26.2 Å². The molecule has 6 N–H and O–H groups in total. The van der Waals surface area contributed by atoms with Crippen LogP contribution < -0.4 is 22.1 Å². The van der Waals surface area contributed by atoms with Crippen LogP contribution in [-0.4, -0.2) is 105 Å². The summed E-state index contributed by atoms with van der Waals surface area (Å²) in [4.78, 5) is 118. The second kappa shape index (κ2) is 29.5. The number of aromatic nitrogens is 2. The van der Waals surface area contributed by atoms with Crippen molar-refractivity contribution in [3.05, 3.63) is 212 Å². The highest BCUT2D eigenvalue weighted by molar-refractivity contribution is 7.11. The molecule has 18 heteroatoms. The van der Waals surface area contributed by atoms with E-state index in [1.165, 1.54) is 11.1 Å². The van der Waals surface area contributed by atoms with Crippen molar-refractivity contribution < 1.29 is 38.3 Å². The van der Waals surface area contributed by atoms with Crippen LogP contribution in [0.5, 0.6) is 0 Å². The number of ether oxygens (including phenoxy) is 1. The van der Waals surface area contributed by atoms with Crippen molar-refractivity contribution in [2.24, 2.45) is 17.4 Å². The van der Waals surface area contributed by atoms with Gasteiger partial charge in [-0.25, -0.2) is 14.8 Å². The molecule has 7 aromatic rings. The Morgan fingerprint density at radius 2 is 1.19 bits per heavy atom. The highest BCUT2D eigenvalue weighted by Gasteiger charge is 2.63. The van der Waals surface area contributed by atoms with E-state index >= 15 is 19.2 Å². The van der Waals surface area contributed by atoms with Gasteiger partial charge in [-0.1, -0.05) is 152 Å². The van der Waals surface area contributed by atoms with E-state index in [-0.39, 0.29) is 79.2 Å². The highest BCUT2D eigenvalue weighted by atomic mass is 32.1. The van der Waals surface area contributed by atoms with E-state index in [9.17, 15) is 14.4 Å². The molecule has 2 saturated heterocycles. The van der Waals surface area contributed by atoms with Gasteiger partial charge in [-0.15, -0.1) is 22.7 Å². The van der Waals surface area contributed by atoms with Gasteiger partial charge in [-0.2, -0.15) is 0 Å². The zero-order chi connectivity index (χ0) is 58.8. The number of amides is 4. The lowest BCUT2D eigenvalue weighted by Gasteiger charge is -2.41. The third kappa shape index (κ3) is 14.1. The number of benzene rings is 5. The van der Waals surface area contributed by atoms with Gasteiger partial charge >= 0.3 is 5.97 Å². The molecule has 0 aliphatic carbocycles. The predicted octanol–water partition coefficient (Wildman–Crippen LogP) is 8.92. The molecule has 1 radical (unpaired) electrons. The molecule has 4 amide bonds. The first kappa shape index (κ1) is 60.6. The molecule has 84 heavy (non-hydrogen) atoms. The summed E-state index contributed by atoms with van der Waals surface area (Å²) in [5, 5.41) is 7.93. The highest BCUT2D eigenvalue weighted by Crippen LogP contribution is 2.48. The maximum Gasteiger partial charge on any atom is 0.358 e. The maximum absolute atomic E-state index is 16.3. The average Bonchev–Trinajstić information content (AvgIpc) is 2.01. The fraction of sp³-hybridized carbons (Fsp3) is 0.348. The molecule has 1 unspecified atom stereocenters. The first-order valence-electron chi connectivity index (χ1n) is 28.9. The lowest BCUT2D eigenvalue weighted by atomic mass is 9.77. The van der Waals surface area contributed by atoms with E-state index in [0.29, 0.717) is 51.6 Å². The second-order valence-electron chi connectivity index (χ2n) is 21.4. The molecule has 0 spiro atoms. The first-order chi connectivity index (χ1) is 41.0. The van der Waals surface area contributed by atoms with Crippen molar-refractivity contribution in [1.82, 2.24) is 30.4 Å². The Labute approximate surface area is 498 Å². The van der Waals surface area contributed by atoms with Crippen molar-refractivity contribution in [1.29, 1.82) is 0 Å². The molecule has 5 atom stereocenters. The fourth-order valence-corrected chi connectivity index (χ4v) is 13.4. The van der Waals surface area contributed by atoms with Gasteiger partial charge in [0.2, 0.25) is 17.7 Å².